The summed E-state index contributed by atoms with van der Waals surface area (Å²) in [7, 11) is 3.10. The van der Waals surface area contributed by atoms with Crippen molar-refractivity contribution in [3.05, 3.63) is 38.8 Å². The highest BCUT2D eigenvalue weighted by molar-refractivity contribution is 5.79. The van der Waals surface area contributed by atoms with Crippen LogP contribution in [0.15, 0.2) is 23.0 Å². The molecule has 0 spiro atoms. The number of non-ortho nitro benzene ring substituents is 1. The largest absolute Gasteiger partial charge is 0.359 e. The summed E-state index contributed by atoms with van der Waals surface area (Å²) in [5, 5.41) is 13.3. The van der Waals surface area contributed by atoms with E-state index in [1.807, 2.05) is 0 Å². The summed E-state index contributed by atoms with van der Waals surface area (Å²) in [6, 6.07) is 4.23. The molecule has 2 aromatic rings. The Kier molecular flexibility index (Phi) is 3.55. The van der Waals surface area contributed by atoms with E-state index in [0.717, 1.165) is 0 Å². The zero-order chi connectivity index (χ0) is 14.9. The molecule has 0 bridgehead atoms. The van der Waals surface area contributed by atoms with E-state index >= 15 is 0 Å². The summed E-state index contributed by atoms with van der Waals surface area (Å²) < 4.78 is 2.78. The predicted molar refractivity (Wildman–Crippen MR) is 72.5 cm³/mol. The molecule has 0 atom stereocenters. The van der Waals surface area contributed by atoms with Gasteiger partial charge in [0.15, 0.2) is 0 Å². The number of rotatable bonds is 4. The van der Waals surface area contributed by atoms with Gasteiger partial charge in [-0.2, -0.15) is 0 Å². The van der Waals surface area contributed by atoms with E-state index in [9.17, 15) is 19.7 Å². The monoisotopic (exact) mass is 278 g/mol. The first-order valence-corrected chi connectivity index (χ1v) is 6.00. The van der Waals surface area contributed by atoms with E-state index in [4.69, 9.17) is 0 Å². The highest BCUT2D eigenvalue weighted by Gasteiger charge is 2.15. The van der Waals surface area contributed by atoms with E-state index in [2.05, 4.69) is 5.32 Å². The molecule has 1 amide bonds. The number of aryl methyl sites for hydroxylation is 2. The van der Waals surface area contributed by atoms with Crippen molar-refractivity contribution in [3.63, 3.8) is 0 Å². The van der Waals surface area contributed by atoms with E-state index in [0.29, 0.717) is 11.0 Å². The van der Waals surface area contributed by atoms with Gasteiger partial charge in [-0.3, -0.25) is 24.0 Å². The first-order chi connectivity index (χ1) is 9.45. The van der Waals surface area contributed by atoms with Crippen LogP contribution in [0.1, 0.15) is 6.42 Å². The van der Waals surface area contributed by atoms with Crippen LogP contribution in [0.3, 0.4) is 0 Å². The number of nitrogens with zero attached hydrogens (tertiary/aromatic N) is 3. The standard InChI is InChI=1S/C12H14N4O4/c1-13-11(17)5-6-15-10-7-8(16(19)20)3-4-9(10)14(2)12(15)18/h3-4,7H,5-6H2,1-2H3,(H,13,17). The smallest absolute Gasteiger partial charge is 0.328 e. The molecule has 8 heteroatoms. The Bertz CT molecular complexity index is 744. The molecule has 0 fully saturated rings. The molecular weight excluding hydrogens is 264 g/mol. The molecule has 0 aliphatic heterocycles. The van der Waals surface area contributed by atoms with Crippen molar-refractivity contribution in [2.75, 3.05) is 7.05 Å². The van der Waals surface area contributed by atoms with E-state index in [-0.39, 0.29) is 30.2 Å². The average Bonchev–Trinajstić information content (AvgIpc) is 2.68. The SMILES string of the molecule is CNC(=O)CCn1c(=O)n(C)c2ccc([N+](=O)[O-])cc21. The zero-order valence-electron chi connectivity index (χ0n) is 11.1. The number of aromatic nitrogens is 2. The Morgan fingerprint density at radius 3 is 2.70 bits per heavy atom. The molecule has 0 unspecified atom stereocenters. The molecule has 106 valence electrons. The number of imidazole rings is 1. The van der Waals surface area contributed by atoms with Crippen molar-refractivity contribution in [2.45, 2.75) is 13.0 Å². The summed E-state index contributed by atoms with van der Waals surface area (Å²) in [5.74, 6) is -0.195. The van der Waals surface area contributed by atoms with Crippen molar-refractivity contribution in [1.82, 2.24) is 14.5 Å². The van der Waals surface area contributed by atoms with Crippen LogP contribution in [-0.2, 0) is 18.4 Å². The number of hydrogen-bond donors (Lipinski definition) is 1. The van der Waals surface area contributed by atoms with Gasteiger partial charge in [0.2, 0.25) is 5.91 Å². The van der Waals surface area contributed by atoms with Gasteiger partial charge in [0, 0.05) is 39.2 Å². The lowest BCUT2D eigenvalue weighted by atomic mass is 10.2. The number of hydrogen-bond acceptors (Lipinski definition) is 4. The predicted octanol–water partition coefficient (Wildman–Crippen LogP) is 0.384. The minimum Gasteiger partial charge on any atom is -0.359 e. The summed E-state index contributed by atoms with van der Waals surface area (Å²) in [4.78, 5) is 33.7. The van der Waals surface area contributed by atoms with E-state index in [1.54, 1.807) is 7.05 Å². The lowest BCUT2D eigenvalue weighted by Gasteiger charge is -2.02. The Balaban J connectivity index is 2.54. The third-order valence-electron chi connectivity index (χ3n) is 3.18. The van der Waals surface area contributed by atoms with Gasteiger partial charge in [0.1, 0.15) is 0 Å². The molecule has 1 N–H and O–H groups in total. The highest BCUT2D eigenvalue weighted by Crippen LogP contribution is 2.19. The summed E-state index contributed by atoms with van der Waals surface area (Å²) in [6.45, 7) is 0.178. The molecule has 1 aromatic carbocycles. The summed E-state index contributed by atoms with van der Waals surface area (Å²) in [5.41, 5.74) is 0.661. The molecule has 1 heterocycles. The van der Waals surface area contributed by atoms with Crippen LogP contribution in [0.5, 0.6) is 0 Å². The van der Waals surface area contributed by atoms with Gasteiger partial charge < -0.3 is 5.32 Å². The van der Waals surface area contributed by atoms with Gasteiger partial charge in [0.25, 0.3) is 5.69 Å². The van der Waals surface area contributed by atoms with Crippen molar-refractivity contribution < 1.29 is 9.72 Å². The number of nitrogens with one attached hydrogen (secondary N) is 1. The van der Waals surface area contributed by atoms with Gasteiger partial charge in [-0.1, -0.05) is 0 Å². The van der Waals surface area contributed by atoms with Gasteiger partial charge in [-0.25, -0.2) is 4.79 Å². The number of nitro groups is 1. The first kappa shape index (κ1) is 13.8. The minimum absolute atomic E-state index is 0.0863. The average molecular weight is 278 g/mol. The quantitative estimate of drug-likeness (QED) is 0.645. The molecule has 2 rings (SSSR count). The molecule has 0 saturated carbocycles. The number of carbonyl (C=O) groups is 1. The number of amides is 1. The molecular formula is C12H14N4O4. The molecule has 0 aliphatic carbocycles. The Morgan fingerprint density at radius 2 is 2.10 bits per heavy atom. The molecule has 1 aromatic heterocycles. The second-order valence-corrected chi connectivity index (χ2v) is 4.35. The van der Waals surface area contributed by atoms with Crippen LogP contribution in [0.25, 0.3) is 11.0 Å². The maximum atomic E-state index is 12.1. The third-order valence-corrected chi connectivity index (χ3v) is 3.18. The van der Waals surface area contributed by atoms with Crippen molar-refractivity contribution >= 4 is 22.6 Å². The highest BCUT2D eigenvalue weighted by atomic mass is 16.6. The third kappa shape index (κ3) is 2.27. The topological polar surface area (TPSA) is 99.2 Å². The lowest BCUT2D eigenvalue weighted by molar-refractivity contribution is -0.384. The van der Waals surface area contributed by atoms with Crippen LogP contribution in [0.2, 0.25) is 0 Å². The van der Waals surface area contributed by atoms with Gasteiger partial charge in [0.05, 0.1) is 16.0 Å². The Morgan fingerprint density at radius 1 is 1.40 bits per heavy atom. The van der Waals surface area contributed by atoms with Crippen molar-refractivity contribution in [1.29, 1.82) is 0 Å². The van der Waals surface area contributed by atoms with Crippen LogP contribution in [0.4, 0.5) is 5.69 Å². The number of carbonyl (C=O) groups excluding carboxylic acids is 1. The van der Waals surface area contributed by atoms with Gasteiger partial charge in [-0.05, 0) is 6.07 Å². The van der Waals surface area contributed by atoms with Crippen LogP contribution < -0.4 is 11.0 Å². The molecule has 8 nitrogen and oxygen atoms in total. The van der Waals surface area contributed by atoms with E-state index in [1.165, 1.54) is 34.4 Å². The summed E-state index contributed by atoms with van der Waals surface area (Å²) >= 11 is 0. The summed E-state index contributed by atoms with van der Waals surface area (Å²) in [6.07, 6.45) is 0.137. The normalized spacial score (nSPS) is 10.7. The second-order valence-electron chi connectivity index (χ2n) is 4.35. The van der Waals surface area contributed by atoms with Crippen LogP contribution in [0, 0.1) is 10.1 Å². The minimum atomic E-state index is -0.514. The number of benzene rings is 1. The van der Waals surface area contributed by atoms with Gasteiger partial charge in [-0.15, -0.1) is 0 Å². The van der Waals surface area contributed by atoms with Crippen LogP contribution >= 0.6 is 0 Å². The Labute approximate surface area is 113 Å². The fourth-order valence-electron chi connectivity index (χ4n) is 2.07. The molecule has 0 saturated heterocycles. The molecule has 0 radical (unpaired) electrons. The maximum Gasteiger partial charge on any atom is 0.328 e. The second kappa shape index (κ2) is 5.16. The fourth-order valence-corrected chi connectivity index (χ4v) is 2.07. The number of fused-ring (bicyclic) bond motifs is 1. The first-order valence-electron chi connectivity index (χ1n) is 6.00. The Hall–Kier alpha value is -2.64. The van der Waals surface area contributed by atoms with Crippen molar-refractivity contribution in [2.24, 2.45) is 7.05 Å². The molecule has 20 heavy (non-hydrogen) atoms. The van der Waals surface area contributed by atoms with Gasteiger partial charge >= 0.3 is 5.69 Å². The zero-order valence-corrected chi connectivity index (χ0v) is 11.1. The van der Waals surface area contributed by atoms with E-state index < -0.39 is 4.92 Å². The molecule has 0 aliphatic rings. The van der Waals surface area contributed by atoms with Crippen LogP contribution in [-0.4, -0.2) is 27.0 Å². The van der Waals surface area contributed by atoms with Crippen molar-refractivity contribution in [3.8, 4) is 0 Å². The maximum absolute atomic E-state index is 12.1. The number of nitro benzene ring substituents is 1. The lowest BCUT2D eigenvalue weighted by Crippen LogP contribution is -2.26. The fraction of sp³-hybridized carbons (Fsp3) is 0.333.